The van der Waals surface area contributed by atoms with Gasteiger partial charge in [-0.3, -0.25) is 0 Å². The topological polar surface area (TPSA) is 58.4 Å². The molecule has 6 rings (SSSR count). The monoisotopic (exact) mass is 666 g/mol. The van der Waals surface area contributed by atoms with Crippen molar-refractivity contribution in [2.75, 3.05) is 14.2 Å². The first-order chi connectivity index (χ1) is 17.7. The average Bonchev–Trinajstić information content (AvgIpc) is 3.27. The molecule has 0 bridgehead atoms. The molecule has 0 aliphatic carbocycles. The molecule has 0 radical (unpaired) electrons. The van der Waals surface area contributed by atoms with E-state index in [0.717, 1.165) is 38.8 Å². The molecule has 0 N–H and O–H groups in total. The summed E-state index contributed by atoms with van der Waals surface area (Å²) in [7, 11) is 3.22. The molecular formula is C30H21N3O3Pt. The van der Waals surface area contributed by atoms with Gasteiger partial charge in [0.15, 0.2) is 5.75 Å². The van der Waals surface area contributed by atoms with E-state index in [1.165, 1.54) is 0 Å². The summed E-state index contributed by atoms with van der Waals surface area (Å²) < 4.78 is 18.8. The Hall–Kier alpha value is -4.15. The summed E-state index contributed by atoms with van der Waals surface area (Å²) >= 11 is 0. The zero-order valence-electron chi connectivity index (χ0n) is 20.0. The van der Waals surface area contributed by atoms with Crippen LogP contribution in [0, 0.1) is 12.1 Å². The van der Waals surface area contributed by atoms with Crippen LogP contribution in [0.4, 0.5) is 0 Å². The molecular weight excluding hydrogens is 645 g/mol. The Morgan fingerprint density at radius 2 is 1.59 bits per heavy atom. The molecule has 6 aromatic rings. The van der Waals surface area contributed by atoms with Gasteiger partial charge in [0, 0.05) is 17.5 Å². The van der Waals surface area contributed by atoms with Crippen LogP contribution in [0.25, 0.3) is 38.8 Å². The molecule has 0 amide bonds. The number of ether oxygens (including phenoxy) is 3. The molecule has 7 heteroatoms. The standard InChI is InChI=1S/C30H21N3O3.Pt/c1-34-23-13-15-29(32-19-23)33-26-10-4-3-9-24(26)25-14-12-21(18-27(25)33)20-7-5-8-22(17-20)36-30-28(35-2)11-6-16-31-30;/h3-16,19H,1-2H3;/q-2;+2. The first-order valence-electron chi connectivity index (χ1n) is 11.4. The van der Waals surface area contributed by atoms with Crippen molar-refractivity contribution in [2.24, 2.45) is 0 Å². The van der Waals surface area contributed by atoms with Crippen LogP contribution in [0.15, 0.2) is 91.3 Å². The van der Waals surface area contributed by atoms with Gasteiger partial charge >= 0.3 is 21.1 Å². The van der Waals surface area contributed by atoms with Gasteiger partial charge in [0.2, 0.25) is 0 Å². The van der Waals surface area contributed by atoms with Gasteiger partial charge in [-0.15, -0.1) is 18.2 Å². The van der Waals surface area contributed by atoms with Crippen molar-refractivity contribution in [3.05, 3.63) is 103 Å². The average molecular weight is 667 g/mol. The third-order valence-corrected chi connectivity index (χ3v) is 5.99. The minimum absolute atomic E-state index is 0. The van der Waals surface area contributed by atoms with Gasteiger partial charge in [0.05, 0.1) is 20.4 Å². The summed E-state index contributed by atoms with van der Waals surface area (Å²) in [4.78, 5) is 8.92. The molecule has 3 heterocycles. The molecule has 184 valence electrons. The molecule has 0 aliphatic rings. The predicted octanol–water partition coefficient (Wildman–Crippen LogP) is 6.65. The van der Waals surface area contributed by atoms with Gasteiger partial charge in [-0.05, 0) is 41.2 Å². The van der Waals surface area contributed by atoms with E-state index >= 15 is 0 Å². The van der Waals surface area contributed by atoms with Crippen molar-refractivity contribution >= 4 is 21.8 Å². The van der Waals surface area contributed by atoms with Gasteiger partial charge in [-0.1, -0.05) is 23.6 Å². The molecule has 0 saturated carbocycles. The van der Waals surface area contributed by atoms with Crippen molar-refractivity contribution in [2.45, 2.75) is 0 Å². The smallest absolute Gasteiger partial charge is 0.495 e. The van der Waals surface area contributed by atoms with Crippen LogP contribution in [-0.4, -0.2) is 28.8 Å². The molecule has 3 aromatic heterocycles. The summed E-state index contributed by atoms with van der Waals surface area (Å²) in [6.07, 6.45) is 3.38. The fraction of sp³-hybridized carbons (Fsp3) is 0.0667. The molecule has 0 saturated heterocycles. The first-order valence-corrected chi connectivity index (χ1v) is 11.4. The number of fused-ring (bicyclic) bond motifs is 3. The van der Waals surface area contributed by atoms with E-state index in [1.807, 2.05) is 42.5 Å². The van der Waals surface area contributed by atoms with Gasteiger partial charge in [0.1, 0.15) is 11.6 Å². The second kappa shape index (κ2) is 10.5. The van der Waals surface area contributed by atoms with Gasteiger partial charge in [0.25, 0.3) is 5.88 Å². The number of para-hydroxylation sites is 1. The summed E-state index contributed by atoms with van der Waals surface area (Å²) in [5.74, 6) is 2.98. The third-order valence-electron chi connectivity index (χ3n) is 5.99. The molecule has 0 atom stereocenters. The maximum Gasteiger partial charge on any atom is 2.00 e. The van der Waals surface area contributed by atoms with Crippen molar-refractivity contribution in [3.8, 4) is 40.1 Å². The Morgan fingerprint density at radius 3 is 2.41 bits per heavy atom. The van der Waals surface area contributed by atoms with E-state index in [9.17, 15) is 0 Å². The normalized spacial score (nSPS) is 10.8. The molecule has 37 heavy (non-hydrogen) atoms. The number of hydrogen-bond acceptors (Lipinski definition) is 5. The fourth-order valence-electron chi connectivity index (χ4n) is 4.29. The van der Waals surface area contributed by atoms with E-state index < -0.39 is 0 Å². The Morgan fingerprint density at radius 1 is 0.730 bits per heavy atom. The molecule has 0 spiro atoms. The third kappa shape index (κ3) is 4.56. The van der Waals surface area contributed by atoms with Crippen molar-refractivity contribution in [1.29, 1.82) is 0 Å². The van der Waals surface area contributed by atoms with E-state index in [4.69, 9.17) is 14.2 Å². The summed E-state index contributed by atoms with van der Waals surface area (Å²) in [5.41, 5.74) is 3.72. The summed E-state index contributed by atoms with van der Waals surface area (Å²) in [6.45, 7) is 0. The summed E-state index contributed by atoms with van der Waals surface area (Å²) in [6, 6.07) is 32.6. The van der Waals surface area contributed by atoms with Gasteiger partial charge < -0.3 is 18.8 Å². The molecule has 6 nitrogen and oxygen atoms in total. The van der Waals surface area contributed by atoms with E-state index in [2.05, 4.69) is 50.9 Å². The maximum absolute atomic E-state index is 5.98. The largest absolute Gasteiger partial charge is 2.00 e. The minimum Gasteiger partial charge on any atom is -0.495 e. The predicted molar refractivity (Wildman–Crippen MR) is 139 cm³/mol. The van der Waals surface area contributed by atoms with Crippen LogP contribution in [0.3, 0.4) is 0 Å². The van der Waals surface area contributed by atoms with E-state index in [-0.39, 0.29) is 21.1 Å². The number of nitrogens with zero attached hydrogens (tertiary/aromatic N) is 3. The van der Waals surface area contributed by atoms with E-state index in [1.54, 1.807) is 38.7 Å². The quantitative estimate of drug-likeness (QED) is 0.187. The van der Waals surface area contributed by atoms with Crippen molar-refractivity contribution in [3.63, 3.8) is 0 Å². The second-order valence-corrected chi connectivity index (χ2v) is 8.08. The molecule has 3 aromatic carbocycles. The summed E-state index contributed by atoms with van der Waals surface area (Å²) in [5, 5.41) is 2.23. The maximum atomic E-state index is 5.98. The first kappa shape index (κ1) is 24.5. The van der Waals surface area contributed by atoms with Crippen molar-refractivity contribution < 1.29 is 35.3 Å². The Bertz CT molecular complexity index is 1700. The van der Waals surface area contributed by atoms with Crippen LogP contribution in [-0.2, 0) is 21.1 Å². The number of benzene rings is 3. The SMILES string of the molecule is COc1ccc(-n2c3[c-]c(-c4[c-]c(Oc5ncccc5OC)ccc4)ccc3c3ccccc32)nc1.[Pt+2]. The zero-order chi connectivity index (χ0) is 24.5. The van der Waals surface area contributed by atoms with Crippen LogP contribution >= 0.6 is 0 Å². The molecule has 0 fully saturated rings. The van der Waals surface area contributed by atoms with Crippen LogP contribution in [0.5, 0.6) is 23.1 Å². The number of hydrogen-bond donors (Lipinski definition) is 0. The fourth-order valence-corrected chi connectivity index (χ4v) is 4.29. The Balaban J connectivity index is 0.00000280. The van der Waals surface area contributed by atoms with Crippen LogP contribution in [0.2, 0.25) is 0 Å². The number of methoxy groups -OCH3 is 2. The Labute approximate surface area is 228 Å². The van der Waals surface area contributed by atoms with Crippen LogP contribution < -0.4 is 14.2 Å². The van der Waals surface area contributed by atoms with Gasteiger partial charge in [-0.25, -0.2) is 21.1 Å². The Kier molecular flexibility index (Phi) is 6.93. The molecule has 0 unspecified atom stereocenters. The second-order valence-electron chi connectivity index (χ2n) is 8.08. The van der Waals surface area contributed by atoms with Gasteiger partial charge in [-0.2, -0.15) is 24.3 Å². The number of pyridine rings is 2. The van der Waals surface area contributed by atoms with Crippen molar-refractivity contribution in [1.82, 2.24) is 14.5 Å². The minimum atomic E-state index is 0. The van der Waals surface area contributed by atoms with E-state index in [0.29, 0.717) is 23.1 Å². The zero-order valence-corrected chi connectivity index (χ0v) is 22.3. The number of aromatic nitrogens is 3. The van der Waals surface area contributed by atoms with Crippen LogP contribution in [0.1, 0.15) is 0 Å². The molecule has 0 aliphatic heterocycles. The number of rotatable bonds is 6.